The summed E-state index contributed by atoms with van der Waals surface area (Å²) in [6.07, 6.45) is -0.400. The highest BCUT2D eigenvalue weighted by Gasteiger charge is 2.32. The van der Waals surface area contributed by atoms with Crippen molar-refractivity contribution in [2.24, 2.45) is 0 Å². The summed E-state index contributed by atoms with van der Waals surface area (Å²) in [5.41, 5.74) is 1.29. The number of nitrogens with one attached hydrogen (secondary N) is 1. The van der Waals surface area contributed by atoms with Crippen LogP contribution in [0.1, 0.15) is 24.2 Å². The monoisotopic (exact) mass is 502 g/mol. The molecule has 1 fully saturated rings. The minimum absolute atomic E-state index is 0.0490. The van der Waals surface area contributed by atoms with Gasteiger partial charge in [-0.25, -0.2) is 13.4 Å². The predicted molar refractivity (Wildman–Crippen MR) is 127 cm³/mol. The number of carbonyl (C=O) groups is 1. The molecule has 178 valence electrons. The van der Waals surface area contributed by atoms with E-state index in [2.05, 4.69) is 10.3 Å². The molecule has 0 aliphatic carbocycles. The zero-order valence-electron chi connectivity index (χ0n) is 18.4. The Morgan fingerprint density at radius 3 is 2.50 bits per heavy atom. The highest BCUT2D eigenvalue weighted by molar-refractivity contribution is 7.89. The third-order valence-electron chi connectivity index (χ3n) is 5.22. The van der Waals surface area contributed by atoms with Gasteiger partial charge in [0.05, 0.1) is 27.7 Å². The number of aromatic nitrogens is 1. The molecule has 10 nitrogen and oxygen atoms in total. The first-order valence-corrected chi connectivity index (χ1v) is 12.7. The molecule has 0 unspecified atom stereocenters. The van der Waals surface area contributed by atoms with E-state index in [9.17, 15) is 23.3 Å². The molecule has 2 heterocycles. The Labute approximate surface area is 200 Å². The van der Waals surface area contributed by atoms with Crippen molar-refractivity contribution >= 4 is 38.1 Å². The van der Waals surface area contributed by atoms with Gasteiger partial charge in [-0.15, -0.1) is 11.3 Å². The van der Waals surface area contributed by atoms with E-state index in [-0.39, 0.29) is 41.4 Å². The van der Waals surface area contributed by atoms with Crippen molar-refractivity contribution < 1.29 is 22.9 Å². The number of carbonyl (C=O) groups excluding carboxylic acids is 1. The van der Waals surface area contributed by atoms with Crippen LogP contribution in [0.2, 0.25) is 0 Å². The van der Waals surface area contributed by atoms with Crippen LogP contribution >= 0.6 is 11.3 Å². The minimum atomic E-state index is -3.70. The van der Waals surface area contributed by atoms with Crippen LogP contribution in [0.15, 0.2) is 58.8 Å². The van der Waals surface area contributed by atoms with Gasteiger partial charge in [0.15, 0.2) is 5.13 Å². The lowest BCUT2D eigenvalue weighted by Gasteiger charge is -2.34. The fourth-order valence-electron chi connectivity index (χ4n) is 3.67. The molecule has 1 aliphatic rings. The minimum Gasteiger partial charge on any atom is -0.373 e. The molecule has 1 N–H and O–H groups in total. The molecular weight excluding hydrogens is 480 g/mol. The van der Waals surface area contributed by atoms with Gasteiger partial charge in [-0.3, -0.25) is 20.2 Å². The standard InChI is InChI=1S/C22H22N4O6S2/c1-14-11-25(12-15(2)32-14)34(30,31)19-8-6-16(7-9-19)21(27)24-22-23-20(13-33-22)17-4-3-5-18(10-17)26(28)29/h3-10,13-15H,11-12H2,1-2H3,(H,23,24,27)/t14-,15-/m1/s1. The second kappa shape index (κ2) is 9.58. The second-order valence-electron chi connectivity index (χ2n) is 7.90. The van der Waals surface area contributed by atoms with Gasteiger partial charge < -0.3 is 4.74 Å². The first-order valence-electron chi connectivity index (χ1n) is 10.4. The zero-order valence-corrected chi connectivity index (χ0v) is 20.0. The van der Waals surface area contributed by atoms with Crippen LogP contribution in [0.3, 0.4) is 0 Å². The number of rotatable bonds is 6. The summed E-state index contributed by atoms with van der Waals surface area (Å²) in [6.45, 7) is 4.20. The fourth-order valence-corrected chi connectivity index (χ4v) is 5.97. The van der Waals surface area contributed by atoms with Gasteiger partial charge in [-0.2, -0.15) is 4.31 Å². The van der Waals surface area contributed by atoms with E-state index in [1.807, 2.05) is 13.8 Å². The normalized spacial score (nSPS) is 19.0. The van der Waals surface area contributed by atoms with E-state index >= 15 is 0 Å². The summed E-state index contributed by atoms with van der Waals surface area (Å²) in [5.74, 6) is -0.447. The number of sulfonamides is 1. The van der Waals surface area contributed by atoms with Crippen LogP contribution in [0.5, 0.6) is 0 Å². The smallest absolute Gasteiger partial charge is 0.270 e. The maximum atomic E-state index is 13.0. The molecule has 12 heteroatoms. The molecule has 0 saturated carbocycles. The molecule has 1 amide bonds. The van der Waals surface area contributed by atoms with E-state index in [0.717, 1.165) is 0 Å². The van der Waals surface area contributed by atoms with Gasteiger partial charge >= 0.3 is 0 Å². The summed E-state index contributed by atoms with van der Waals surface area (Å²) in [5, 5.41) is 15.7. The Balaban J connectivity index is 1.46. The van der Waals surface area contributed by atoms with Gasteiger partial charge in [0.2, 0.25) is 10.0 Å². The van der Waals surface area contributed by atoms with Crippen molar-refractivity contribution in [3.63, 3.8) is 0 Å². The average molecular weight is 503 g/mol. The Morgan fingerprint density at radius 1 is 1.18 bits per heavy atom. The highest BCUT2D eigenvalue weighted by Crippen LogP contribution is 2.28. The Hall–Kier alpha value is -3.19. The van der Waals surface area contributed by atoms with Crippen LogP contribution in [0.25, 0.3) is 11.3 Å². The number of hydrogen-bond acceptors (Lipinski definition) is 8. The highest BCUT2D eigenvalue weighted by atomic mass is 32.2. The SMILES string of the molecule is C[C@@H]1CN(S(=O)(=O)c2ccc(C(=O)Nc3nc(-c4cccc([N+](=O)[O-])c4)cs3)cc2)C[C@@H](C)O1. The lowest BCUT2D eigenvalue weighted by molar-refractivity contribution is -0.384. The fraction of sp³-hybridized carbons (Fsp3) is 0.273. The van der Waals surface area contributed by atoms with Crippen molar-refractivity contribution in [1.29, 1.82) is 0 Å². The molecule has 0 bridgehead atoms. The molecule has 34 heavy (non-hydrogen) atoms. The predicted octanol–water partition coefficient (Wildman–Crippen LogP) is 3.77. The van der Waals surface area contributed by atoms with E-state index in [1.54, 1.807) is 17.5 Å². The number of nitrogens with zero attached hydrogens (tertiary/aromatic N) is 3. The molecule has 4 rings (SSSR count). The van der Waals surface area contributed by atoms with Crippen LogP contribution in [-0.2, 0) is 14.8 Å². The molecule has 1 aliphatic heterocycles. The number of nitro benzene ring substituents is 1. The molecule has 2 aromatic carbocycles. The summed E-state index contributed by atoms with van der Waals surface area (Å²) in [7, 11) is -3.70. The second-order valence-corrected chi connectivity index (χ2v) is 10.7. The van der Waals surface area contributed by atoms with Crippen LogP contribution in [0.4, 0.5) is 10.8 Å². The molecular formula is C22H22N4O6S2. The van der Waals surface area contributed by atoms with Gasteiger partial charge in [0, 0.05) is 41.7 Å². The Kier molecular flexibility index (Phi) is 6.75. The topological polar surface area (TPSA) is 132 Å². The van der Waals surface area contributed by atoms with Crippen LogP contribution in [0, 0.1) is 10.1 Å². The van der Waals surface area contributed by atoms with Gasteiger partial charge in [-0.1, -0.05) is 12.1 Å². The number of hydrogen-bond donors (Lipinski definition) is 1. The lowest BCUT2D eigenvalue weighted by Crippen LogP contribution is -2.48. The number of non-ortho nitro benzene ring substituents is 1. The molecule has 1 aromatic heterocycles. The summed E-state index contributed by atoms with van der Waals surface area (Å²) >= 11 is 1.18. The molecule has 1 saturated heterocycles. The first kappa shape index (κ1) is 24.0. The number of thiazole rings is 1. The largest absolute Gasteiger partial charge is 0.373 e. The van der Waals surface area contributed by atoms with Crippen LogP contribution in [-0.4, -0.2) is 53.8 Å². The lowest BCUT2D eigenvalue weighted by atomic mass is 10.1. The van der Waals surface area contributed by atoms with Crippen molar-refractivity contribution in [2.75, 3.05) is 18.4 Å². The quantitative estimate of drug-likeness (QED) is 0.401. The summed E-state index contributed by atoms with van der Waals surface area (Å²) < 4.78 is 32.9. The number of ether oxygens (including phenoxy) is 1. The summed E-state index contributed by atoms with van der Waals surface area (Å²) in [4.78, 5) is 27.6. The van der Waals surface area contributed by atoms with Gasteiger partial charge in [0.1, 0.15) is 0 Å². The zero-order chi connectivity index (χ0) is 24.5. The third-order valence-corrected chi connectivity index (χ3v) is 7.82. The van der Waals surface area contributed by atoms with Crippen molar-refractivity contribution in [3.8, 4) is 11.3 Å². The molecule has 0 spiro atoms. The van der Waals surface area contributed by atoms with Gasteiger partial charge in [0.25, 0.3) is 11.6 Å². The summed E-state index contributed by atoms with van der Waals surface area (Å²) in [6, 6.07) is 11.8. The van der Waals surface area contributed by atoms with Crippen LogP contribution < -0.4 is 5.32 Å². The molecule has 0 radical (unpaired) electrons. The van der Waals surface area contributed by atoms with Crippen molar-refractivity contribution in [3.05, 3.63) is 69.6 Å². The maximum absolute atomic E-state index is 13.0. The van der Waals surface area contributed by atoms with Gasteiger partial charge in [-0.05, 0) is 38.1 Å². The molecule has 2 atom stereocenters. The number of morpholine rings is 1. The van der Waals surface area contributed by atoms with E-state index in [1.165, 1.54) is 52.0 Å². The number of anilines is 1. The number of nitro groups is 1. The Bertz CT molecular complexity index is 1310. The maximum Gasteiger partial charge on any atom is 0.270 e. The third kappa shape index (κ3) is 5.14. The van der Waals surface area contributed by atoms with E-state index < -0.39 is 20.9 Å². The number of amides is 1. The van der Waals surface area contributed by atoms with E-state index in [4.69, 9.17) is 4.74 Å². The average Bonchev–Trinajstić information content (AvgIpc) is 3.27. The number of benzene rings is 2. The van der Waals surface area contributed by atoms with Crippen molar-refractivity contribution in [2.45, 2.75) is 31.0 Å². The molecule has 3 aromatic rings. The first-order chi connectivity index (χ1) is 16.1. The van der Waals surface area contributed by atoms with E-state index in [0.29, 0.717) is 16.4 Å². The Morgan fingerprint density at radius 2 is 1.85 bits per heavy atom. The van der Waals surface area contributed by atoms with Crippen molar-refractivity contribution in [1.82, 2.24) is 9.29 Å².